The van der Waals surface area contributed by atoms with E-state index in [1.54, 1.807) is 12.1 Å². The summed E-state index contributed by atoms with van der Waals surface area (Å²) >= 11 is 5.72. The Morgan fingerprint density at radius 2 is 1.76 bits per heavy atom. The molecular weight excluding hydrogens is 356 g/mol. The molecule has 0 aromatic heterocycles. The van der Waals surface area contributed by atoms with Crippen LogP contribution in [0, 0.1) is 21.7 Å². The molecule has 0 fully saturated rings. The summed E-state index contributed by atoms with van der Waals surface area (Å²) < 4.78 is 26.1. The number of nitro benzene ring substituents is 1. The van der Waals surface area contributed by atoms with Crippen LogP contribution in [0.25, 0.3) is 0 Å². The second-order valence-corrected chi connectivity index (χ2v) is 5.49. The van der Waals surface area contributed by atoms with E-state index in [2.05, 4.69) is 10.6 Å². The van der Waals surface area contributed by atoms with Gasteiger partial charge < -0.3 is 10.6 Å². The maximum atomic E-state index is 13.2. The van der Waals surface area contributed by atoms with Crippen LogP contribution < -0.4 is 10.6 Å². The van der Waals surface area contributed by atoms with Gasteiger partial charge in [0.2, 0.25) is 0 Å². The van der Waals surface area contributed by atoms with Gasteiger partial charge in [0.05, 0.1) is 15.5 Å². The van der Waals surface area contributed by atoms with E-state index >= 15 is 0 Å². The van der Waals surface area contributed by atoms with Crippen molar-refractivity contribution in [2.24, 2.45) is 0 Å². The summed E-state index contributed by atoms with van der Waals surface area (Å²) in [6.45, 7) is 0.789. The molecular formula is C16H14ClF2N3O3. The third kappa shape index (κ3) is 5.12. The highest BCUT2D eigenvalue weighted by molar-refractivity contribution is 6.33. The minimum Gasteiger partial charge on any atom is -0.385 e. The summed E-state index contributed by atoms with van der Waals surface area (Å²) in [5.41, 5.74) is 0.575. The molecule has 0 radical (unpaired) electrons. The highest BCUT2D eigenvalue weighted by Gasteiger charge is 2.14. The fourth-order valence-corrected chi connectivity index (χ4v) is 2.25. The van der Waals surface area contributed by atoms with Gasteiger partial charge in [-0.15, -0.1) is 0 Å². The third-order valence-electron chi connectivity index (χ3n) is 3.30. The van der Waals surface area contributed by atoms with Crippen molar-refractivity contribution < 1.29 is 18.5 Å². The number of amides is 1. The molecule has 0 aliphatic rings. The van der Waals surface area contributed by atoms with Crippen LogP contribution in [-0.2, 0) is 0 Å². The average molecular weight is 370 g/mol. The van der Waals surface area contributed by atoms with Gasteiger partial charge in [0, 0.05) is 30.9 Å². The number of benzene rings is 2. The highest BCUT2D eigenvalue weighted by Crippen LogP contribution is 2.20. The van der Waals surface area contributed by atoms with Gasteiger partial charge in [-0.25, -0.2) is 8.78 Å². The lowest BCUT2D eigenvalue weighted by Gasteiger charge is -2.09. The monoisotopic (exact) mass is 369 g/mol. The quantitative estimate of drug-likeness (QED) is 0.337. The van der Waals surface area contributed by atoms with Crippen LogP contribution in [0.1, 0.15) is 16.8 Å². The van der Waals surface area contributed by atoms with Gasteiger partial charge >= 0.3 is 0 Å². The van der Waals surface area contributed by atoms with Gasteiger partial charge in [-0.2, -0.15) is 0 Å². The minimum absolute atomic E-state index is 0.00113. The van der Waals surface area contributed by atoms with Gasteiger partial charge in [-0.3, -0.25) is 14.9 Å². The molecule has 2 aromatic carbocycles. The first kappa shape index (κ1) is 18.6. The van der Waals surface area contributed by atoms with Gasteiger partial charge in [0.25, 0.3) is 11.6 Å². The van der Waals surface area contributed by atoms with Crippen molar-refractivity contribution in [3.63, 3.8) is 0 Å². The number of halogens is 3. The molecule has 0 heterocycles. The van der Waals surface area contributed by atoms with Crippen LogP contribution in [0.2, 0.25) is 5.02 Å². The number of anilines is 1. The first-order valence-electron chi connectivity index (χ1n) is 7.29. The summed E-state index contributed by atoms with van der Waals surface area (Å²) in [5, 5.41) is 16.0. The molecule has 0 bridgehead atoms. The Labute approximate surface area is 146 Å². The first-order valence-corrected chi connectivity index (χ1v) is 7.67. The lowest BCUT2D eigenvalue weighted by molar-refractivity contribution is -0.384. The van der Waals surface area contributed by atoms with E-state index in [1.807, 2.05) is 0 Å². The highest BCUT2D eigenvalue weighted by atomic mass is 35.5. The summed E-state index contributed by atoms with van der Waals surface area (Å²) in [6.07, 6.45) is 0.546. The second-order valence-electron chi connectivity index (χ2n) is 5.09. The Hall–Kier alpha value is -2.74. The Balaban J connectivity index is 1.76. The molecule has 25 heavy (non-hydrogen) atoms. The van der Waals surface area contributed by atoms with Crippen molar-refractivity contribution in [2.45, 2.75) is 6.42 Å². The summed E-state index contributed by atoms with van der Waals surface area (Å²) in [7, 11) is 0. The number of rotatable bonds is 7. The van der Waals surface area contributed by atoms with Crippen molar-refractivity contribution >= 4 is 28.9 Å². The maximum Gasteiger partial charge on any atom is 0.269 e. The zero-order chi connectivity index (χ0) is 18.4. The number of non-ortho nitro benzene ring substituents is 1. The van der Waals surface area contributed by atoms with Gasteiger partial charge in [0.15, 0.2) is 11.6 Å². The molecule has 0 atom stereocenters. The largest absolute Gasteiger partial charge is 0.385 e. The van der Waals surface area contributed by atoms with Crippen molar-refractivity contribution in [3.8, 4) is 0 Å². The molecule has 0 aliphatic carbocycles. The minimum atomic E-state index is -1.14. The van der Waals surface area contributed by atoms with Crippen LogP contribution in [0.15, 0.2) is 36.4 Å². The number of nitro groups is 1. The molecule has 1 amide bonds. The van der Waals surface area contributed by atoms with E-state index in [-0.39, 0.29) is 22.8 Å². The zero-order valence-electron chi connectivity index (χ0n) is 12.9. The van der Waals surface area contributed by atoms with Crippen LogP contribution in [0.3, 0.4) is 0 Å². The standard InChI is InChI=1S/C16H14ClF2N3O3/c17-13-9-15(19)14(18)8-12(13)16(23)21-7-1-6-20-10-2-4-11(5-3-10)22(24)25/h2-5,8-9,20H,1,6-7H2,(H,21,23). The second kappa shape index (κ2) is 8.39. The molecule has 2 N–H and O–H groups in total. The first-order chi connectivity index (χ1) is 11.9. The zero-order valence-corrected chi connectivity index (χ0v) is 13.6. The summed E-state index contributed by atoms with van der Waals surface area (Å²) in [4.78, 5) is 22.0. The van der Waals surface area contributed by atoms with Crippen molar-refractivity contribution in [1.29, 1.82) is 0 Å². The Morgan fingerprint density at radius 3 is 2.40 bits per heavy atom. The summed E-state index contributed by atoms with van der Waals surface area (Å²) in [6, 6.07) is 7.43. The molecule has 0 spiro atoms. The number of hydrogen-bond donors (Lipinski definition) is 2. The molecule has 6 nitrogen and oxygen atoms in total. The number of carbonyl (C=O) groups is 1. The predicted molar refractivity (Wildman–Crippen MR) is 89.9 cm³/mol. The van der Waals surface area contributed by atoms with E-state index < -0.39 is 22.5 Å². The van der Waals surface area contributed by atoms with Gasteiger partial charge in [0.1, 0.15) is 0 Å². The normalized spacial score (nSPS) is 10.4. The van der Waals surface area contributed by atoms with E-state index in [0.717, 1.165) is 12.1 Å². The number of carbonyl (C=O) groups excluding carboxylic acids is 1. The predicted octanol–water partition coefficient (Wildman–Crippen LogP) is 3.76. The molecule has 132 valence electrons. The molecule has 0 aliphatic heterocycles. The molecule has 2 aromatic rings. The molecule has 9 heteroatoms. The molecule has 0 unspecified atom stereocenters. The lowest BCUT2D eigenvalue weighted by atomic mass is 10.2. The Bertz CT molecular complexity index is 785. The number of nitrogens with zero attached hydrogens (tertiary/aromatic N) is 1. The van der Waals surface area contributed by atoms with Crippen LogP contribution in [0.4, 0.5) is 20.2 Å². The SMILES string of the molecule is O=C(NCCCNc1ccc([N+](=O)[O-])cc1)c1cc(F)c(F)cc1Cl. The van der Waals surface area contributed by atoms with Crippen LogP contribution in [-0.4, -0.2) is 23.9 Å². The number of hydrogen-bond acceptors (Lipinski definition) is 4. The smallest absolute Gasteiger partial charge is 0.269 e. The van der Waals surface area contributed by atoms with Crippen molar-refractivity contribution in [1.82, 2.24) is 5.32 Å². The Morgan fingerprint density at radius 1 is 1.12 bits per heavy atom. The van der Waals surface area contributed by atoms with E-state index in [1.165, 1.54) is 12.1 Å². The lowest BCUT2D eigenvalue weighted by Crippen LogP contribution is -2.26. The maximum absolute atomic E-state index is 13.2. The van der Waals surface area contributed by atoms with Crippen LogP contribution in [0.5, 0.6) is 0 Å². The Kier molecular flexibility index (Phi) is 6.24. The van der Waals surface area contributed by atoms with Crippen molar-refractivity contribution in [2.75, 3.05) is 18.4 Å². The third-order valence-corrected chi connectivity index (χ3v) is 3.61. The van der Waals surface area contributed by atoms with Crippen molar-refractivity contribution in [3.05, 3.63) is 68.7 Å². The van der Waals surface area contributed by atoms with Crippen LogP contribution >= 0.6 is 11.6 Å². The fourth-order valence-electron chi connectivity index (χ4n) is 2.02. The molecule has 2 rings (SSSR count). The fraction of sp³-hybridized carbons (Fsp3) is 0.188. The van der Waals surface area contributed by atoms with E-state index in [0.29, 0.717) is 18.7 Å². The number of nitrogens with one attached hydrogen (secondary N) is 2. The summed E-state index contributed by atoms with van der Waals surface area (Å²) in [5.74, 6) is -2.86. The topological polar surface area (TPSA) is 84.3 Å². The molecule has 0 saturated carbocycles. The average Bonchev–Trinajstić information content (AvgIpc) is 2.58. The molecule has 0 saturated heterocycles. The van der Waals surface area contributed by atoms with E-state index in [9.17, 15) is 23.7 Å². The van der Waals surface area contributed by atoms with Gasteiger partial charge in [-0.1, -0.05) is 11.6 Å². The van der Waals surface area contributed by atoms with E-state index in [4.69, 9.17) is 11.6 Å². The van der Waals surface area contributed by atoms with Gasteiger partial charge in [-0.05, 0) is 30.7 Å².